The van der Waals surface area contributed by atoms with Crippen molar-refractivity contribution in [2.75, 3.05) is 0 Å². The molecule has 0 aromatic carbocycles. The molecular weight excluding hydrogens is 360 g/mol. The molecule has 4 saturated carbocycles. The van der Waals surface area contributed by atoms with Gasteiger partial charge in [-0.1, -0.05) is 13.8 Å². The zero-order valence-electron chi connectivity index (χ0n) is 18.4. The Morgan fingerprint density at radius 2 is 1.90 bits per heavy atom. The zero-order valence-corrected chi connectivity index (χ0v) is 18.4. The fraction of sp³-hybridized carbons (Fsp3) is 0.760. The SMILES string of the molecule is Cc1nn(C)cc1/C=C1\C[C@@]2(C)[C@@H](CC[C@H]3[C@H]2CC[C@@]2(C)[C@H](O)CC[C@H]32)CC1=O. The molecule has 29 heavy (non-hydrogen) atoms. The van der Waals surface area contributed by atoms with E-state index in [0.717, 1.165) is 48.4 Å². The summed E-state index contributed by atoms with van der Waals surface area (Å²) in [6.45, 7) is 6.86. The highest BCUT2D eigenvalue weighted by molar-refractivity contribution is 6.00. The predicted molar refractivity (Wildman–Crippen MR) is 114 cm³/mol. The topological polar surface area (TPSA) is 55.1 Å². The molecule has 4 aliphatic rings. The normalized spacial score (nSPS) is 45.8. The Hall–Kier alpha value is -1.42. The van der Waals surface area contributed by atoms with Crippen molar-refractivity contribution in [1.82, 2.24) is 9.78 Å². The molecule has 7 atom stereocenters. The first-order chi connectivity index (χ1) is 13.7. The number of aryl methyl sites for hydroxylation is 2. The van der Waals surface area contributed by atoms with Crippen LogP contribution in [0.25, 0.3) is 6.08 Å². The van der Waals surface area contributed by atoms with E-state index < -0.39 is 0 Å². The molecule has 0 bridgehead atoms. The molecule has 4 fully saturated rings. The highest BCUT2D eigenvalue weighted by Gasteiger charge is 2.60. The third kappa shape index (κ3) is 2.81. The molecule has 4 nitrogen and oxygen atoms in total. The lowest BCUT2D eigenvalue weighted by molar-refractivity contribution is -0.134. The Labute approximate surface area is 174 Å². The van der Waals surface area contributed by atoms with Crippen LogP contribution in [-0.2, 0) is 11.8 Å². The molecule has 0 spiro atoms. The van der Waals surface area contributed by atoms with E-state index in [9.17, 15) is 9.90 Å². The number of aliphatic hydroxyl groups excluding tert-OH is 1. The lowest BCUT2D eigenvalue weighted by Crippen LogP contribution is -2.54. The summed E-state index contributed by atoms with van der Waals surface area (Å²) in [7, 11) is 1.94. The van der Waals surface area contributed by atoms with Gasteiger partial charge in [-0.25, -0.2) is 0 Å². The number of carbonyl (C=O) groups is 1. The molecule has 4 aliphatic carbocycles. The van der Waals surface area contributed by atoms with Crippen LogP contribution in [0.15, 0.2) is 11.8 Å². The summed E-state index contributed by atoms with van der Waals surface area (Å²) in [6, 6.07) is 0. The standard InChI is InChI=1S/C25H36N2O2/c1-15-17(14-27(4)26-15)11-16-13-25(3)18(12-22(16)28)5-6-19-20-7-8-23(29)24(20,2)10-9-21(19)25/h11,14,18-21,23,29H,5-10,12-13H2,1-4H3/b16-11+/t18-,19+,20+,21+,23+,24+,25-/m0/s1. The van der Waals surface area contributed by atoms with Crippen LogP contribution in [0.3, 0.4) is 0 Å². The predicted octanol–water partition coefficient (Wildman–Crippen LogP) is 4.69. The quantitative estimate of drug-likeness (QED) is 0.701. The van der Waals surface area contributed by atoms with Crippen LogP contribution in [0.4, 0.5) is 0 Å². The molecule has 0 saturated heterocycles. The van der Waals surface area contributed by atoms with E-state index in [1.165, 1.54) is 25.7 Å². The fourth-order valence-corrected chi connectivity index (χ4v) is 8.06. The van der Waals surface area contributed by atoms with Gasteiger partial charge in [-0.2, -0.15) is 5.10 Å². The smallest absolute Gasteiger partial charge is 0.159 e. The summed E-state index contributed by atoms with van der Waals surface area (Å²) in [4.78, 5) is 13.0. The van der Waals surface area contributed by atoms with E-state index in [1.54, 1.807) is 0 Å². The molecule has 4 heteroatoms. The van der Waals surface area contributed by atoms with Crippen molar-refractivity contribution in [2.24, 2.45) is 41.5 Å². The van der Waals surface area contributed by atoms with Crippen LogP contribution >= 0.6 is 0 Å². The summed E-state index contributed by atoms with van der Waals surface area (Å²) in [5.41, 5.74) is 3.43. The van der Waals surface area contributed by atoms with E-state index in [0.29, 0.717) is 23.5 Å². The molecule has 1 heterocycles. The van der Waals surface area contributed by atoms with E-state index >= 15 is 0 Å². The van der Waals surface area contributed by atoms with Crippen LogP contribution in [0, 0.1) is 41.4 Å². The maximum absolute atomic E-state index is 13.0. The van der Waals surface area contributed by atoms with Crippen molar-refractivity contribution in [3.05, 3.63) is 23.0 Å². The molecule has 0 aliphatic heterocycles. The number of allylic oxidation sites excluding steroid dienone is 1. The van der Waals surface area contributed by atoms with Crippen molar-refractivity contribution in [3.63, 3.8) is 0 Å². The zero-order chi connectivity index (χ0) is 20.6. The Kier molecular flexibility index (Phi) is 4.40. The summed E-state index contributed by atoms with van der Waals surface area (Å²) >= 11 is 0. The van der Waals surface area contributed by atoms with Crippen molar-refractivity contribution in [3.8, 4) is 0 Å². The first-order valence-corrected chi connectivity index (χ1v) is 11.6. The summed E-state index contributed by atoms with van der Waals surface area (Å²) < 4.78 is 1.84. The van der Waals surface area contributed by atoms with Crippen molar-refractivity contribution < 1.29 is 9.90 Å². The highest BCUT2D eigenvalue weighted by Crippen LogP contribution is 2.66. The molecule has 0 unspecified atom stereocenters. The molecule has 158 valence electrons. The number of fused-ring (bicyclic) bond motifs is 5. The summed E-state index contributed by atoms with van der Waals surface area (Å²) in [5.74, 6) is 2.96. The van der Waals surface area contributed by atoms with Crippen LogP contribution < -0.4 is 0 Å². The molecule has 5 rings (SSSR count). The minimum absolute atomic E-state index is 0.115. The lowest BCUT2D eigenvalue weighted by Gasteiger charge is -2.60. The minimum atomic E-state index is -0.115. The Bertz CT molecular complexity index is 870. The van der Waals surface area contributed by atoms with Gasteiger partial charge >= 0.3 is 0 Å². The maximum Gasteiger partial charge on any atom is 0.159 e. The molecule has 1 N–H and O–H groups in total. The first kappa shape index (κ1) is 19.5. The van der Waals surface area contributed by atoms with Crippen molar-refractivity contribution >= 4 is 11.9 Å². The second-order valence-corrected chi connectivity index (χ2v) is 11.1. The van der Waals surface area contributed by atoms with Gasteiger partial charge in [0.1, 0.15) is 0 Å². The van der Waals surface area contributed by atoms with Crippen molar-refractivity contribution in [2.45, 2.75) is 78.2 Å². The average Bonchev–Trinajstić information content (AvgIpc) is 3.14. The number of aliphatic hydroxyl groups is 1. The Morgan fingerprint density at radius 3 is 2.62 bits per heavy atom. The van der Waals surface area contributed by atoms with E-state index in [2.05, 4.69) is 25.0 Å². The van der Waals surface area contributed by atoms with Crippen LogP contribution in [0.2, 0.25) is 0 Å². The lowest BCUT2D eigenvalue weighted by atomic mass is 9.45. The number of aromatic nitrogens is 2. The van der Waals surface area contributed by atoms with Crippen LogP contribution in [-0.4, -0.2) is 26.8 Å². The Balaban J connectivity index is 1.47. The van der Waals surface area contributed by atoms with Gasteiger partial charge in [-0.05, 0) is 98.0 Å². The molecular formula is C25H36N2O2. The first-order valence-electron chi connectivity index (χ1n) is 11.6. The van der Waals surface area contributed by atoms with Crippen LogP contribution in [0.1, 0.15) is 76.5 Å². The number of hydrogen-bond donors (Lipinski definition) is 1. The van der Waals surface area contributed by atoms with Gasteiger partial charge in [0.2, 0.25) is 0 Å². The number of Topliss-reactive ketones (excluding diaryl/α,β-unsaturated/α-hetero) is 1. The third-order valence-corrected chi connectivity index (χ3v) is 9.76. The number of nitrogens with zero attached hydrogens (tertiary/aromatic N) is 2. The van der Waals surface area contributed by atoms with Gasteiger partial charge in [0.25, 0.3) is 0 Å². The summed E-state index contributed by atoms with van der Waals surface area (Å²) in [5, 5.41) is 15.1. The van der Waals surface area contributed by atoms with Gasteiger partial charge in [0.05, 0.1) is 11.8 Å². The Morgan fingerprint density at radius 1 is 1.14 bits per heavy atom. The molecule has 1 aromatic rings. The van der Waals surface area contributed by atoms with Crippen molar-refractivity contribution in [1.29, 1.82) is 0 Å². The number of ketones is 1. The number of carbonyl (C=O) groups excluding carboxylic acids is 1. The molecule has 1 aromatic heterocycles. The van der Waals surface area contributed by atoms with E-state index in [1.807, 2.05) is 24.9 Å². The molecule has 0 radical (unpaired) electrons. The highest BCUT2D eigenvalue weighted by atomic mass is 16.3. The second-order valence-electron chi connectivity index (χ2n) is 11.1. The van der Waals surface area contributed by atoms with Gasteiger partial charge in [0, 0.05) is 25.2 Å². The van der Waals surface area contributed by atoms with Gasteiger partial charge in [-0.15, -0.1) is 0 Å². The van der Waals surface area contributed by atoms with Gasteiger partial charge in [-0.3, -0.25) is 9.48 Å². The van der Waals surface area contributed by atoms with E-state index in [-0.39, 0.29) is 16.9 Å². The van der Waals surface area contributed by atoms with Gasteiger partial charge in [0.15, 0.2) is 5.78 Å². The second kappa shape index (κ2) is 6.54. The fourth-order valence-electron chi connectivity index (χ4n) is 8.06. The van der Waals surface area contributed by atoms with Crippen LogP contribution in [0.5, 0.6) is 0 Å². The number of hydrogen-bond acceptors (Lipinski definition) is 3. The van der Waals surface area contributed by atoms with E-state index in [4.69, 9.17) is 0 Å². The molecule has 0 amide bonds. The van der Waals surface area contributed by atoms with Gasteiger partial charge < -0.3 is 5.11 Å². The minimum Gasteiger partial charge on any atom is -0.393 e. The third-order valence-electron chi connectivity index (χ3n) is 9.76. The number of rotatable bonds is 1. The monoisotopic (exact) mass is 396 g/mol. The largest absolute Gasteiger partial charge is 0.393 e. The summed E-state index contributed by atoms with van der Waals surface area (Å²) in [6.07, 6.45) is 12.7. The maximum atomic E-state index is 13.0. The average molecular weight is 397 g/mol.